The number of hydrogen-bond acceptors (Lipinski definition) is 4. The van der Waals surface area contributed by atoms with Crippen LogP contribution in [-0.4, -0.2) is 39.0 Å². The average molecular weight is 304 g/mol. The van der Waals surface area contributed by atoms with Gasteiger partial charge in [-0.05, 0) is 28.1 Å². The van der Waals surface area contributed by atoms with E-state index in [1.807, 2.05) is 0 Å². The molecule has 3 rings (SSSR count). The van der Waals surface area contributed by atoms with Gasteiger partial charge in [-0.2, -0.15) is 0 Å². The average Bonchev–Trinajstić information content (AvgIpc) is 2.65. The Balaban J connectivity index is 1.87. The molecule has 2 aliphatic heterocycles. The van der Waals surface area contributed by atoms with Crippen LogP contribution in [-0.2, 0) is 14.9 Å². The number of hydrogen-bond donors (Lipinski definition) is 1. The summed E-state index contributed by atoms with van der Waals surface area (Å²) >= 11 is 5.32. The first-order chi connectivity index (χ1) is 7.81. The Kier molecular flexibility index (Phi) is 3.06. The molecule has 1 aromatic rings. The number of nitrogens with one attached hydrogen (secondary N) is 1. The van der Waals surface area contributed by atoms with Crippen LogP contribution in [0.25, 0.3) is 0 Å². The van der Waals surface area contributed by atoms with Crippen molar-refractivity contribution in [2.75, 3.05) is 32.9 Å². The van der Waals surface area contributed by atoms with Crippen LogP contribution in [0.1, 0.15) is 4.88 Å². The number of ether oxygens (including phenoxy) is 2. The molecular weight excluding hydrogens is 290 g/mol. The molecule has 3 nitrogen and oxygen atoms in total. The summed E-state index contributed by atoms with van der Waals surface area (Å²) in [6.45, 7) is 4.26. The van der Waals surface area contributed by atoms with Gasteiger partial charge in [-0.15, -0.1) is 11.3 Å². The first-order valence-electron chi connectivity index (χ1n) is 5.47. The van der Waals surface area contributed by atoms with Crippen LogP contribution in [0.2, 0.25) is 0 Å². The van der Waals surface area contributed by atoms with Crippen LogP contribution in [0.5, 0.6) is 0 Å². The minimum atomic E-state index is 0.0874. The fraction of sp³-hybridized carbons (Fsp3) is 0.636. The standard InChI is InChI=1S/C11H14BrNO2S/c12-10-2-1-9(16-10)11(6-14-7-11)8-5-13-3-4-15-8/h1-2,8,13H,3-7H2. The van der Waals surface area contributed by atoms with Gasteiger partial charge < -0.3 is 14.8 Å². The molecular formula is C11H14BrNO2S. The zero-order chi connectivity index (χ0) is 11.0. The summed E-state index contributed by atoms with van der Waals surface area (Å²) in [6, 6.07) is 4.30. The van der Waals surface area contributed by atoms with Crippen molar-refractivity contribution in [1.29, 1.82) is 0 Å². The number of morpholine rings is 1. The molecule has 5 heteroatoms. The maximum Gasteiger partial charge on any atom is 0.0849 e. The van der Waals surface area contributed by atoms with Gasteiger partial charge in [-0.1, -0.05) is 0 Å². The van der Waals surface area contributed by atoms with Crippen LogP contribution in [0.15, 0.2) is 15.9 Å². The maximum atomic E-state index is 5.90. The number of rotatable bonds is 2. The van der Waals surface area contributed by atoms with Crippen LogP contribution in [0.3, 0.4) is 0 Å². The normalized spacial score (nSPS) is 28.7. The van der Waals surface area contributed by atoms with E-state index >= 15 is 0 Å². The van der Waals surface area contributed by atoms with Gasteiger partial charge in [0, 0.05) is 18.0 Å². The van der Waals surface area contributed by atoms with Gasteiger partial charge >= 0.3 is 0 Å². The highest BCUT2D eigenvalue weighted by Gasteiger charge is 2.49. The lowest BCUT2D eigenvalue weighted by Crippen LogP contribution is -2.60. The fourth-order valence-corrected chi connectivity index (χ4v) is 3.90. The SMILES string of the molecule is Brc1ccc(C2(C3CNCCO3)COC2)s1. The Bertz CT molecular complexity index is 372. The molecule has 0 amide bonds. The van der Waals surface area contributed by atoms with E-state index in [-0.39, 0.29) is 11.5 Å². The van der Waals surface area contributed by atoms with E-state index in [0.29, 0.717) is 0 Å². The van der Waals surface area contributed by atoms with Gasteiger partial charge in [0.1, 0.15) is 0 Å². The van der Waals surface area contributed by atoms with Crippen molar-refractivity contribution < 1.29 is 9.47 Å². The zero-order valence-electron chi connectivity index (χ0n) is 8.87. The number of halogens is 1. The Labute approximate surface area is 107 Å². The Morgan fingerprint density at radius 2 is 2.31 bits per heavy atom. The van der Waals surface area contributed by atoms with Gasteiger partial charge in [0.15, 0.2) is 0 Å². The molecule has 0 aromatic carbocycles. The molecule has 1 aromatic heterocycles. The summed E-state index contributed by atoms with van der Waals surface area (Å²) in [7, 11) is 0. The van der Waals surface area contributed by atoms with Crippen molar-refractivity contribution in [1.82, 2.24) is 5.32 Å². The third kappa shape index (κ3) is 1.75. The lowest BCUT2D eigenvalue weighted by molar-refractivity contribution is -0.144. The molecule has 0 saturated carbocycles. The monoisotopic (exact) mass is 303 g/mol. The van der Waals surface area contributed by atoms with Gasteiger partial charge in [0.2, 0.25) is 0 Å². The second-order valence-corrected chi connectivity index (χ2v) is 6.78. The van der Waals surface area contributed by atoms with E-state index in [9.17, 15) is 0 Å². The molecule has 2 saturated heterocycles. The minimum Gasteiger partial charge on any atom is -0.379 e. The van der Waals surface area contributed by atoms with Crippen molar-refractivity contribution in [2.24, 2.45) is 0 Å². The van der Waals surface area contributed by atoms with Crippen LogP contribution < -0.4 is 5.32 Å². The Morgan fingerprint density at radius 3 is 2.81 bits per heavy atom. The van der Waals surface area contributed by atoms with Gasteiger partial charge in [0.25, 0.3) is 0 Å². The highest BCUT2D eigenvalue weighted by atomic mass is 79.9. The van der Waals surface area contributed by atoms with Gasteiger partial charge in [-0.3, -0.25) is 0 Å². The Hall–Kier alpha value is 0.0600. The van der Waals surface area contributed by atoms with Crippen molar-refractivity contribution in [2.45, 2.75) is 11.5 Å². The van der Waals surface area contributed by atoms with E-state index in [0.717, 1.165) is 32.9 Å². The lowest BCUT2D eigenvalue weighted by atomic mass is 9.78. The van der Waals surface area contributed by atoms with Gasteiger partial charge in [0.05, 0.1) is 35.1 Å². The smallest absolute Gasteiger partial charge is 0.0849 e. The topological polar surface area (TPSA) is 30.5 Å². The molecule has 1 unspecified atom stereocenters. The molecule has 1 atom stereocenters. The van der Waals surface area contributed by atoms with E-state index in [1.165, 1.54) is 8.66 Å². The summed E-state index contributed by atoms with van der Waals surface area (Å²) in [5, 5.41) is 3.40. The highest BCUT2D eigenvalue weighted by Crippen LogP contribution is 2.42. The molecule has 0 radical (unpaired) electrons. The predicted molar refractivity (Wildman–Crippen MR) is 67.1 cm³/mol. The summed E-state index contributed by atoms with van der Waals surface area (Å²) in [4.78, 5) is 1.37. The van der Waals surface area contributed by atoms with Crippen molar-refractivity contribution in [3.8, 4) is 0 Å². The van der Waals surface area contributed by atoms with E-state index in [4.69, 9.17) is 9.47 Å². The second-order valence-electron chi connectivity index (χ2n) is 4.32. The van der Waals surface area contributed by atoms with Crippen molar-refractivity contribution in [3.63, 3.8) is 0 Å². The quantitative estimate of drug-likeness (QED) is 0.903. The van der Waals surface area contributed by atoms with Crippen LogP contribution >= 0.6 is 27.3 Å². The maximum absolute atomic E-state index is 5.90. The summed E-state index contributed by atoms with van der Waals surface area (Å²) < 4.78 is 12.5. The van der Waals surface area contributed by atoms with Crippen LogP contribution in [0.4, 0.5) is 0 Å². The van der Waals surface area contributed by atoms with Crippen molar-refractivity contribution in [3.05, 3.63) is 20.8 Å². The molecule has 2 aliphatic rings. The molecule has 16 heavy (non-hydrogen) atoms. The molecule has 2 fully saturated rings. The third-order valence-corrected chi connectivity index (χ3v) is 5.17. The van der Waals surface area contributed by atoms with E-state index in [2.05, 4.69) is 33.4 Å². The molecule has 1 N–H and O–H groups in total. The molecule has 0 bridgehead atoms. The zero-order valence-corrected chi connectivity index (χ0v) is 11.3. The molecule has 0 aliphatic carbocycles. The fourth-order valence-electron chi connectivity index (χ4n) is 2.31. The molecule has 88 valence electrons. The lowest BCUT2D eigenvalue weighted by Gasteiger charge is -2.47. The summed E-state index contributed by atoms with van der Waals surface area (Å²) in [6.07, 6.45) is 0.251. The predicted octanol–water partition coefficient (Wildman–Crippen LogP) is 1.77. The molecule has 3 heterocycles. The van der Waals surface area contributed by atoms with E-state index < -0.39 is 0 Å². The summed E-state index contributed by atoms with van der Waals surface area (Å²) in [5.41, 5.74) is 0.0874. The number of thiophene rings is 1. The first-order valence-corrected chi connectivity index (χ1v) is 7.08. The third-order valence-electron chi connectivity index (χ3n) is 3.33. The van der Waals surface area contributed by atoms with Gasteiger partial charge in [-0.25, -0.2) is 0 Å². The minimum absolute atomic E-state index is 0.0874. The summed E-state index contributed by atoms with van der Waals surface area (Å²) in [5.74, 6) is 0. The molecule has 0 spiro atoms. The van der Waals surface area contributed by atoms with Crippen LogP contribution in [0, 0.1) is 0 Å². The Morgan fingerprint density at radius 1 is 1.44 bits per heavy atom. The first kappa shape index (κ1) is 11.2. The van der Waals surface area contributed by atoms with E-state index in [1.54, 1.807) is 11.3 Å². The highest BCUT2D eigenvalue weighted by molar-refractivity contribution is 9.11. The second kappa shape index (κ2) is 4.38. The largest absolute Gasteiger partial charge is 0.379 e. The van der Waals surface area contributed by atoms with Crippen molar-refractivity contribution >= 4 is 27.3 Å².